The van der Waals surface area contributed by atoms with E-state index in [1.807, 2.05) is 0 Å². The standard InChI is InChI=1S/C95H67NO2/c1-91(2)72-39-23-19-35-63(72)64-46-43-60(51-75(64)91)96(61-45-48-67-76(52-61)93(5,6)89-87(67)90-86(69-38-22-26-42-81(69)98-90)85-66-36-20-24-40-73(66)92(3,4)88(85)89)62-44-47-65-70-54-79-71(55-78(70)95(77(65)53-62,58-31-15-9-16-32-58)59-33-17-10-18-34-59)83-74(49-50-82-84(83)68-37-21-25-41-80(68)97-82)94(79,56-27-11-7-12-28-56)57-29-13-8-14-30-57/h7-55H,1-6H3. The number of fused-ring (bicyclic) bond motifs is 25. The first-order valence-electron chi connectivity index (χ1n) is 34.7. The Bertz CT molecular complexity index is 6060. The van der Waals surface area contributed by atoms with Crippen LogP contribution in [0.4, 0.5) is 17.1 Å². The van der Waals surface area contributed by atoms with Crippen LogP contribution in [0.1, 0.15) is 119 Å². The van der Waals surface area contributed by atoms with Crippen molar-refractivity contribution >= 4 is 60.9 Å². The Labute approximate surface area is 570 Å². The second-order valence-electron chi connectivity index (χ2n) is 29.7. The van der Waals surface area contributed by atoms with E-state index in [4.69, 9.17) is 8.83 Å². The van der Waals surface area contributed by atoms with Crippen LogP contribution >= 0.6 is 0 Å². The van der Waals surface area contributed by atoms with E-state index in [1.54, 1.807) is 0 Å². The van der Waals surface area contributed by atoms with Gasteiger partial charge in [-0.05, 0) is 195 Å². The minimum absolute atomic E-state index is 0.241. The van der Waals surface area contributed by atoms with Crippen LogP contribution in [0.15, 0.2) is 306 Å². The van der Waals surface area contributed by atoms with E-state index < -0.39 is 16.2 Å². The van der Waals surface area contributed by atoms with Crippen LogP contribution in [0.2, 0.25) is 0 Å². The van der Waals surface area contributed by atoms with E-state index in [2.05, 4.69) is 344 Å². The fourth-order valence-electron chi connectivity index (χ4n) is 19.8. The summed E-state index contributed by atoms with van der Waals surface area (Å²) in [4.78, 5) is 2.58. The number of para-hydroxylation sites is 2. The molecule has 2 aromatic heterocycles. The van der Waals surface area contributed by atoms with E-state index in [0.29, 0.717) is 0 Å². The van der Waals surface area contributed by atoms with Crippen molar-refractivity contribution in [2.45, 2.75) is 68.6 Å². The lowest BCUT2D eigenvalue weighted by atomic mass is 9.66. The summed E-state index contributed by atoms with van der Waals surface area (Å²) in [6, 6.07) is 113. The normalized spacial score (nSPS) is 15.9. The van der Waals surface area contributed by atoms with E-state index in [1.165, 1.54) is 139 Å². The van der Waals surface area contributed by atoms with Gasteiger partial charge < -0.3 is 13.7 Å². The summed E-state index contributed by atoms with van der Waals surface area (Å²) < 4.78 is 14.1. The molecule has 0 amide bonds. The average Bonchev–Trinajstić information content (AvgIpc) is 1.51. The van der Waals surface area contributed by atoms with Crippen LogP contribution in [-0.2, 0) is 27.1 Å². The maximum atomic E-state index is 7.24. The molecule has 0 saturated heterocycles. The first-order valence-corrected chi connectivity index (χ1v) is 34.7. The molecule has 0 atom stereocenters. The smallest absolute Gasteiger partial charge is 0.144 e. The molecule has 98 heavy (non-hydrogen) atoms. The number of hydrogen-bond acceptors (Lipinski definition) is 3. The quantitative estimate of drug-likeness (QED) is 0.159. The molecule has 21 rings (SSSR count). The number of rotatable bonds is 7. The first kappa shape index (κ1) is 55.7. The maximum Gasteiger partial charge on any atom is 0.144 e. The van der Waals surface area contributed by atoms with Gasteiger partial charge in [-0.3, -0.25) is 0 Å². The highest BCUT2D eigenvalue weighted by Crippen LogP contribution is 2.67. The second kappa shape index (κ2) is 19.4. The summed E-state index contributed by atoms with van der Waals surface area (Å²) >= 11 is 0. The lowest BCUT2D eigenvalue weighted by Crippen LogP contribution is -2.30. The third-order valence-corrected chi connectivity index (χ3v) is 23.9. The summed E-state index contributed by atoms with van der Waals surface area (Å²) in [6.07, 6.45) is 0. The summed E-state index contributed by atoms with van der Waals surface area (Å²) in [5.74, 6) is 0. The highest BCUT2D eigenvalue weighted by molar-refractivity contribution is 6.21. The van der Waals surface area contributed by atoms with Crippen LogP contribution in [0.3, 0.4) is 0 Å². The molecule has 0 N–H and O–H groups in total. The molecule has 0 bridgehead atoms. The Morgan fingerprint density at radius 3 is 1.24 bits per heavy atom. The fraction of sp³-hybridized carbons (Fsp3) is 0.116. The van der Waals surface area contributed by atoms with Crippen LogP contribution in [0.25, 0.3) is 99.5 Å². The van der Waals surface area contributed by atoms with Gasteiger partial charge >= 0.3 is 0 Å². The van der Waals surface area contributed by atoms with Gasteiger partial charge in [-0.25, -0.2) is 0 Å². The van der Waals surface area contributed by atoms with E-state index in [0.717, 1.165) is 55.6 Å². The molecule has 3 heteroatoms. The Balaban J connectivity index is 0.847. The number of furan rings is 2. The van der Waals surface area contributed by atoms with Crippen LogP contribution < -0.4 is 4.90 Å². The highest BCUT2D eigenvalue weighted by Gasteiger charge is 2.54. The third-order valence-electron chi connectivity index (χ3n) is 23.9. The zero-order valence-corrected chi connectivity index (χ0v) is 55.6. The van der Waals surface area contributed by atoms with E-state index in [9.17, 15) is 0 Å². The van der Waals surface area contributed by atoms with Gasteiger partial charge in [0.2, 0.25) is 0 Å². The Morgan fingerprint density at radius 1 is 0.245 bits per heavy atom. The average molecular weight is 1250 g/mol. The molecule has 5 aliphatic rings. The van der Waals surface area contributed by atoms with Crippen molar-refractivity contribution in [1.29, 1.82) is 0 Å². The van der Waals surface area contributed by atoms with Gasteiger partial charge in [0.1, 0.15) is 22.3 Å². The summed E-state index contributed by atoms with van der Waals surface area (Å²) in [7, 11) is 0. The molecule has 2 heterocycles. The van der Waals surface area contributed by atoms with Gasteiger partial charge in [0.25, 0.3) is 0 Å². The molecular formula is C95H67NO2. The molecule has 0 unspecified atom stereocenters. The Morgan fingerprint density at radius 2 is 0.643 bits per heavy atom. The van der Waals surface area contributed by atoms with Gasteiger partial charge in [-0.2, -0.15) is 0 Å². The molecular weight excluding hydrogens is 1190 g/mol. The van der Waals surface area contributed by atoms with Gasteiger partial charge in [-0.1, -0.05) is 272 Å². The van der Waals surface area contributed by atoms with E-state index in [-0.39, 0.29) is 10.8 Å². The van der Waals surface area contributed by atoms with Crippen LogP contribution in [0, 0.1) is 0 Å². The van der Waals surface area contributed by atoms with Crippen LogP contribution in [0.5, 0.6) is 0 Å². The Kier molecular flexibility index (Phi) is 11.0. The molecule has 14 aromatic carbocycles. The second-order valence-corrected chi connectivity index (χ2v) is 29.7. The molecule has 3 nitrogen and oxygen atoms in total. The minimum atomic E-state index is -0.785. The van der Waals surface area contributed by atoms with Crippen LogP contribution in [-0.4, -0.2) is 0 Å². The predicted molar refractivity (Wildman–Crippen MR) is 403 cm³/mol. The van der Waals surface area contributed by atoms with Gasteiger partial charge in [0.15, 0.2) is 0 Å². The number of hydrogen-bond donors (Lipinski definition) is 0. The summed E-state index contributed by atoms with van der Waals surface area (Å²) in [5, 5.41) is 4.64. The summed E-state index contributed by atoms with van der Waals surface area (Å²) in [5.41, 5.74) is 35.1. The van der Waals surface area contributed by atoms with Gasteiger partial charge in [-0.15, -0.1) is 0 Å². The number of benzene rings is 14. The third kappa shape index (κ3) is 6.88. The van der Waals surface area contributed by atoms with E-state index >= 15 is 0 Å². The minimum Gasteiger partial charge on any atom is -0.456 e. The fourth-order valence-corrected chi connectivity index (χ4v) is 19.8. The molecule has 0 radical (unpaired) electrons. The molecule has 0 saturated carbocycles. The lowest BCUT2D eigenvalue weighted by Gasteiger charge is -2.36. The van der Waals surface area contributed by atoms with Crippen molar-refractivity contribution in [3.63, 3.8) is 0 Å². The molecule has 464 valence electrons. The zero-order valence-electron chi connectivity index (χ0n) is 55.6. The van der Waals surface area contributed by atoms with Crippen molar-refractivity contribution in [3.05, 3.63) is 375 Å². The topological polar surface area (TPSA) is 29.5 Å². The number of nitrogens with zero attached hydrogens (tertiary/aromatic N) is 1. The monoisotopic (exact) mass is 1250 g/mol. The van der Waals surface area contributed by atoms with Crippen molar-refractivity contribution < 1.29 is 8.83 Å². The van der Waals surface area contributed by atoms with Crippen molar-refractivity contribution in [2.75, 3.05) is 4.90 Å². The van der Waals surface area contributed by atoms with Gasteiger partial charge in [0, 0.05) is 60.4 Å². The zero-order chi connectivity index (χ0) is 65.3. The maximum absolute atomic E-state index is 7.24. The number of anilines is 3. The Hall–Kier alpha value is -11.5. The molecule has 0 spiro atoms. The van der Waals surface area contributed by atoms with Crippen molar-refractivity contribution in [3.8, 4) is 55.6 Å². The largest absolute Gasteiger partial charge is 0.456 e. The first-order chi connectivity index (χ1) is 47.9. The predicted octanol–water partition coefficient (Wildman–Crippen LogP) is 24.6. The SMILES string of the molecule is CC1(C)c2ccccc2-c2ccc(N(c3ccc4c(c3)C(C)(C)c3c5c(c6c(oc7ccccc76)c3-4)-c3ccccc3C5(C)C)c3ccc4c(c3)C(c3ccccc3)(c3ccccc3)c3cc5c(cc3-4)C(c3ccccc3)(c3ccccc3)c3ccc4oc6ccccc6c4c3-5)cc21. The molecule has 16 aromatic rings. The lowest BCUT2D eigenvalue weighted by molar-refractivity contribution is 0.600. The molecule has 0 fully saturated rings. The highest BCUT2D eigenvalue weighted by atomic mass is 16.3. The molecule has 0 aliphatic heterocycles. The van der Waals surface area contributed by atoms with Crippen molar-refractivity contribution in [2.24, 2.45) is 0 Å². The van der Waals surface area contributed by atoms with Gasteiger partial charge in [0.05, 0.1) is 10.8 Å². The molecule has 5 aliphatic carbocycles. The van der Waals surface area contributed by atoms with Crippen molar-refractivity contribution in [1.82, 2.24) is 0 Å². The summed E-state index contributed by atoms with van der Waals surface area (Å²) in [6.45, 7) is 14.6.